The smallest absolute Gasteiger partial charge is 0.0718 e. The van der Waals surface area contributed by atoms with Crippen LogP contribution in [0.1, 0.15) is 45.4 Å². The van der Waals surface area contributed by atoms with E-state index < -0.39 is 5.97 Å². The fourth-order valence-electron chi connectivity index (χ4n) is 4.87. The average Bonchev–Trinajstić information content (AvgIpc) is 3.17. The zero-order valence-electron chi connectivity index (χ0n) is 15.1. The van der Waals surface area contributed by atoms with Crippen LogP contribution >= 0.6 is 0 Å². The summed E-state index contributed by atoms with van der Waals surface area (Å²) in [7, 11) is 0. The number of carbonyl (C=O) groups excluding carboxylic acids is 1. The summed E-state index contributed by atoms with van der Waals surface area (Å²) in [6.07, 6.45) is 5.55. The van der Waals surface area contributed by atoms with E-state index >= 15 is 0 Å². The van der Waals surface area contributed by atoms with Crippen molar-refractivity contribution in [2.24, 2.45) is 5.92 Å². The lowest BCUT2D eigenvalue weighted by atomic mass is 9.75. The number of rotatable bonds is 2. The number of carbonyl (C=O) groups is 1. The van der Waals surface area contributed by atoms with E-state index in [0.29, 0.717) is 11.8 Å². The molecule has 0 fully saturated rings. The quantitative estimate of drug-likeness (QED) is 0.697. The maximum Gasteiger partial charge on any atom is 0.0718 e. The first-order valence-electron chi connectivity index (χ1n) is 9.41. The molecule has 27 heavy (non-hydrogen) atoms. The van der Waals surface area contributed by atoms with E-state index in [4.69, 9.17) is 0 Å². The molecule has 3 atom stereocenters. The van der Waals surface area contributed by atoms with Crippen molar-refractivity contribution < 1.29 is 9.90 Å². The molecule has 134 valence electrons. The largest absolute Gasteiger partial charge is 0.545 e. The molecule has 0 unspecified atom stereocenters. The summed E-state index contributed by atoms with van der Waals surface area (Å²) in [5.41, 5.74) is 4.43. The highest BCUT2D eigenvalue weighted by molar-refractivity contribution is 5.91. The predicted octanol–water partition coefficient (Wildman–Crippen LogP) is 4.34. The molecule has 3 heteroatoms. The minimum Gasteiger partial charge on any atom is -0.545 e. The average molecular weight is 354 g/mol. The molecule has 3 aromatic carbocycles. The Hall–Kier alpha value is -3.07. The number of carboxylic acids is 1. The van der Waals surface area contributed by atoms with Crippen LogP contribution in [0.2, 0.25) is 0 Å². The van der Waals surface area contributed by atoms with Crippen LogP contribution in [-0.4, -0.2) is 5.97 Å². The summed E-state index contributed by atoms with van der Waals surface area (Å²) in [5.74, 6) is -0.390. The second kappa shape index (κ2) is 5.98. The van der Waals surface area contributed by atoms with E-state index in [1.807, 2.05) is 13.0 Å². The number of allylic oxidation sites excluding steroid dienone is 2. The summed E-state index contributed by atoms with van der Waals surface area (Å²) in [6, 6.07) is 18.7. The fraction of sp³-hybridized carbons (Fsp3) is 0.208. The summed E-state index contributed by atoms with van der Waals surface area (Å²) in [5, 5.41) is 17.7. The molecule has 5 rings (SSSR count). The van der Waals surface area contributed by atoms with Gasteiger partial charge in [0.1, 0.15) is 0 Å². The molecule has 1 aliphatic heterocycles. The van der Waals surface area contributed by atoms with Crippen LogP contribution in [0.3, 0.4) is 0 Å². The molecule has 2 aliphatic rings. The van der Waals surface area contributed by atoms with Crippen LogP contribution in [0.4, 0.5) is 5.69 Å². The molecular weight excluding hydrogens is 334 g/mol. The van der Waals surface area contributed by atoms with Crippen molar-refractivity contribution in [1.82, 2.24) is 0 Å². The Balaban J connectivity index is 1.70. The van der Waals surface area contributed by atoms with Gasteiger partial charge in [-0.25, -0.2) is 0 Å². The van der Waals surface area contributed by atoms with Crippen molar-refractivity contribution in [3.63, 3.8) is 0 Å². The van der Waals surface area contributed by atoms with Gasteiger partial charge in [-0.15, -0.1) is 0 Å². The molecule has 0 saturated carbocycles. The van der Waals surface area contributed by atoms with Crippen molar-refractivity contribution in [1.29, 1.82) is 0 Å². The van der Waals surface area contributed by atoms with Gasteiger partial charge in [0.2, 0.25) is 0 Å². The third kappa shape index (κ3) is 2.38. The van der Waals surface area contributed by atoms with Gasteiger partial charge in [0.25, 0.3) is 0 Å². The number of aromatic carboxylic acids is 1. The molecule has 0 aromatic heterocycles. The van der Waals surface area contributed by atoms with Crippen LogP contribution in [0, 0.1) is 12.8 Å². The summed E-state index contributed by atoms with van der Waals surface area (Å²) < 4.78 is 0. The topological polar surface area (TPSA) is 52.2 Å². The Kier molecular flexibility index (Phi) is 3.57. The molecule has 1 N–H and O–H groups in total. The van der Waals surface area contributed by atoms with Gasteiger partial charge in [0, 0.05) is 17.2 Å². The monoisotopic (exact) mass is 354 g/mol. The number of hydrogen-bond acceptors (Lipinski definition) is 3. The van der Waals surface area contributed by atoms with Gasteiger partial charge in [-0.2, -0.15) is 0 Å². The van der Waals surface area contributed by atoms with Gasteiger partial charge in [0.05, 0.1) is 12.0 Å². The summed E-state index contributed by atoms with van der Waals surface area (Å²) in [4.78, 5) is 11.5. The Morgan fingerprint density at radius 3 is 2.70 bits per heavy atom. The number of carboxylic acid groups (broad SMARTS) is 1. The highest BCUT2D eigenvalue weighted by atomic mass is 16.4. The van der Waals surface area contributed by atoms with Crippen LogP contribution in [-0.2, 0) is 0 Å². The first kappa shape index (κ1) is 16.1. The van der Waals surface area contributed by atoms with Crippen molar-refractivity contribution in [2.75, 3.05) is 5.32 Å². The highest BCUT2D eigenvalue weighted by Crippen LogP contribution is 2.51. The van der Waals surface area contributed by atoms with Crippen molar-refractivity contribution >= 4 is 22.4 Å². The lowest BCUT2D eigenvalue weighted by molar-refractivity contribution is -0.255. The van der Waals surface area contributed by atoms with Crippen LogP contribution in [0.25, 0.3) is 10.8 Å². The Labute approximate surface area is 158 Å². The van der Waals surface area contributed by atoms with E-state index in [0.717, 1.165) is 17.7 Å². The standard InChI is InChI=1S/C24H21NO2/c1-14-16(24(26)27)12-13-21-18-9-5-11-20(18)23(25-22(14)21)19-10-4-7-15-6-2-3-8-17(15)19/h2-10,12-13,18,20,23,25H,11H2,1H3,(H,26,27)/p-1/t18-,20-,23-/m0/s1. The zero-order chi connectivity index (χ0) is 18.5. The number of benzene rings is 3. The van der Waals surface area contributed by atoms with Gasteiger partial charge in [-0.1, -0.05) is 66.7 Å². The molecule has 0 bridgehead atoms. The predicted molar refractivity (Wildman–Crippen MR) is 106 cm³/mol. The third-order valence-corrected chi connectivity index (χ3v) is 6.18. The Bertz CT molecular complexity index is 1090. The molecule has 0 spiro atoms. The first-order valence-corrected chi connectivity index (χ1v) is 9.41. The highest BCUT2D eigenvalue weighted by Gasteiger charge is 2.39. The Morgan fingerprint density at radius 2 is 1.85 bits per heavy atom. The molecule has 1 aliphatic carbocycles. The van der Waals surface area contributed by atoms with Crippen LogP contribution in [0.15, 0.2) is 66.7 Å². The van der Waals surface area contributed by atoms with Crippen molar-refractivity contribution in [3.8, 4) is 0 Å². The molecule has 1 heterocycles. The number of hydrogen-bond donors (Lipinski definition) is 1. The van der Waals surface area contributed by atoms with E-state index in [1.54, 1.807) is 6.07 Å². The van der Waals surface area contributed by atoms with Gasteiger partial charge in [-0.3, -0.25) is 0 Å². The normalized spacial score (nSPS) is 22.9. The number of fused-ring (bicyclic) bond motifs is 4. The molecule has 3 nitrogen and oxygen atoms in total. The lowest BCUT2D eigenvalue weighted by Gasteiger charge is -2.39. The van der Waals surface area contributed by atoms with E-state index in [2.05, 4.69) is 59.9 Å². The minimum absolute atomic E-state index is 0.138. The van der Waals surface area contributed by atoms with Gasteiger partial charge >= 0.3 is 0 Å². The van der Waals surface area contributed by atoms with Crippen molar-refractivity contribution in [2.45, 2.75) is 25.3 Å². The maximum atomic E-state index is 11.5. The fourth-order valence-corrected chi connectivity index (χ4v) is 4.87. The summed E-state index contributed by atoms with van der Waals surface area (Å²) >= 11 is 0. The van der Waals surface area contributed by atoms with Crippen LogP contribution in [0.5, 0.6) is 0 Å². The van der Waals surface area contributed by atoms with Crippen LogP contribution < -0.4 is 10.4 Å². The van der Waals surface area contributed by atoms with E-state index in [1.165, 1.54) is 21.9 Å². The van der Waals surface area contributed by atoms with E-state index in [9.17, 15) is 9.90 Å². The Morgan fingerprint density at radius 1 is 1.04 bits per heavy atom. The maximum absolute atomic E-state index is 11.5. The molecule has 3 aromatic rings. The SMILES string of the molecule is Cc1c(C(=O)[O-])ccc2c1N[C@@H](c1cccc3ccccc13)[C@H]1CC=C[C@H]21. The molecular formula is C24H20NO2-. The number of anilines is 1. The third-order valence-electron chi connectivity index (χ3n) is 6.18. The van der Waals surface area contributed by atoms with Gasteiger partial charge in [0.15, 0.2) is 0 Å². The second-order valence-corrected chi connectivity index (χ2v) is 7.53. The second-order valence-electron chi connectivity index (χ2n) is 7.53. The van der Waals surface area contributed by atoms with E-state index in [-0.39, 0.29) is 11.6 Å². The number of nitrogens with one attached hydrogen (secondary N) is 1. The first-order chi connectivity index (χ1) is 13.1. The molecule has 0 amide bonds. The summed E-state index contributed by atoms with van der Waals surface area (Å²) in [6.45, 7) is 1.87. The molecule has 0 radical (unpaired) electrons. The molecule has 0 saturated heterocycles. The van der Waals surface area contributed by atoms with Gasteiger partial charge in [-0.05, 0) is 46.7 Å². The minimum atomic E-state index is -1.12. The van der Waals surface area contributed by atoms with Gasteiger partial charge < -0.3 is 15.2 Å². The van der Waals surface area contributed by atoms with Crippen molar-refractivity contribution in [3.05, 3.63) is 89.0 Å². The lowest BCUT2D eigenvalue weighted by Crippen LogP contribution is -2.31. The zero-order valence-corrected chi connectivity index (χ0v) is 15.1.